The van der Waals surface area contributed by atoms with E-state index >= 15 is 0 Å². The molecule has 1 aromatic rings. The number of guanidine groups is 1. The molecule has 0 aromatic carbocycles. The quantitative estimate of drug-likeness (QED) is 0.331. The first kappa shape index (κ1) is 11.4. The highest BCUT2D eigenvalue weighted by atomic mass is 15.1. The van der Waals surface area contributed by atoms with Gasteiger partial charge in [0.2, 0.25) is 0 Å². The molecule has 6 heteroatoms. The van der Waals surface area contributed by atoms with Crippen LogP contribution in [0.4, 0.5) is 0 Å². The minimum absolute atomic E-state index is 0.455. The predicted molar refractivity (Wildman–Crippen MR) is 59.3 cm³/mol. The van der Waals surface area contributed by atoms with Gasteiger partial charge in [-0.05, 0) is 12.1 Å². The number of nitrogens with zero attached hydrogens (tertiary/aromatic N) is 3. The largest absolute Gasteiger partial charge is 0.370 e. The van der Waals surface area contributed by atoms with Gasteiger partial charge >= 0.3 is 0 Å². The third-order valence-electron chi connectivity index (χ3n) is 1.78. The molecule has 4 N–H and O–H groups in total. The zero-order valence-corrected chi connectivity index (χ0v) is 8.77. The molecule has 0 saturated heterocycles. The molecule has 15 heavy (non-hydrogen) atoms. The van der Waals surface area contributed by atoms with Crippen molar-refractivity contribution in [3.05, 3.63) is 24.0 Å². The minimum atomic E-state index is 0.455. The van der Waals surface area contributed by atoms with E-state index in [-0.39, 0.29) is 0 Å². The second-order valence-electron chi connectivity index (χ2n) is 2.93. The van der Waals surface area contributed by atoms with Crippen LogP contribution in [0.1, 0.15) is 5.69 Å². The van der Waals surface area contributed by atoms with E-state index in [4.69, 9.17) is 5.73 Å². The summed E-state index contributed by atoms with van der Waals surface area (Å²) in [5.74, 6) is 0.455. The molecule has 0 aliphatic heterocycles. The molecule has 1 heterocycles. The van der Waals surface area contributed by atoms with Crippen LogP contribution in [0.3, 0.4) is 0 Å². The van der Waals surface area contributed by atoms with Crippen LogP contribution in [0.15, 0.2) is 23.3 Å². The van der Waals surface area contributed by atoms with Crippen LogP contribution in [-0.2, 0) is 6.54 Å². The molecule has 0 fully saturated rings. The minimum Gasteiger partial charge on any atom is -0.370 e. The predicted octanol–water partition coefficient (Wildman–Crippen LogP) is -0.900. The number of hydrogen-bond acceptors (Lipinski definition) is 4. The van der Waals surface area contributed by atoms with Gasteiger partial charge in [-0.3, -0.25) is 4.99 Å². The Hall–Kier alpha value is -1.69. The highest BCUT2D eigenvalue weighted by molar-refractivity contribution is 5.77. The Morgan fingerprint density at radius 1 is 1.53 bits per heavy atom. The smallest absolute Gasteiger partial charge is 0.188 e. The van der Waals surface area contributed by atoms with E-state index in [0.717, 1.165) is 18.8 Å². The van der Waals surface area contributed by atoms with Crippen molar-refractivity contribution in [2.24, 2.45) is 10.7 Å². The number of rotatable bonds is 5. The van der Waals surface area contributed by atoms with Gasteiger partial charge in [0, 0.05) is 32.9 Å². The molecule has 0 radical (unpaired) electrons. The lowest BCUT2D eigenvalue weighted by molar-refractivity contribution is 0.653. The molecule has 0 bridgehead atoms. The Balaban J connectivity index is 2.08. The maximum Gasteiger partial charge on any atom is 0.188 e. The normalized spacial score (nSPS) is 11.4. The van der Waals surface area contributed by atoms with Crippen molar-refractivity contribution >= 4 is 5.96 Å². The molecule has 0 atom stereocenters. The zero-order chi connectivity index (χ0) is 10.9. The van der Waals surface area contributed by atoms with Gasteiger partial charge in [-0.25, -0.2) is 0 Å². The van der Waals surface area contributed by atoms with Crippen LogP contribution < -0.4 is 16.4 Å². The summed E-state index contributed by atoms with van der Waals surface area (Å²) in [5, 5.41) is 13.9. The Kier molecular flexibility index (Phi) is 5.10. The van der Waals surface area contributed by atoms with Gasteiger partial charge in [0.1, 0.15) is 0 Å². The average Bonchev–Trinajstić information content (AvgIpc) is 2.29. The molecule has 1 rings (SSSR count). The summed E-state index contributed by atoms with van der Waals surface area (Å²) < 4.78 is 0. The molecular weight excluding hydrogens is 192 g/mol. The topological polar surface area (TPSA) is 88.2 Å². The summed E-state index contributed by atoms with van der Waals surface area (Å²) >= 11 is 0. The molecule has 0 unspecified atom stereocenters. The van der Waals surface area contributed by atoms with Gasteiger partial charge in [0.15, 0.2) is 5.96 Å². The maximum absolute atomic E-state index is 5.46. The lowest BCUT2D eigenvalue weighted by Gasteiger charge is -2.05. The van der Waals surface area contributed by atoms with Gasteiger partial charge < -0.3 is 16.4 Å². The van der Waals surface area contributed by atoms with E-state index in [1.54, 1.807) is 13.2 Å². The summed E-state index contributed by atoms with van der Waals surface area (Å²) in [6.45, 7) is 2.24. The summed E-state index contributed by atoms with van der Waals surface area (Å²) in [4.78, 5) is 3.78. The van der Waals surface area contributed by atoms with Crippen LogP contribution >= 0.6 is 0 Å². The first-order valence-electron chi connectivity index (χ1n) is 4.76. The van der Waals surface area contributed by atoms with E-state index in [9.17, 15) is 0 Å². The third kappa shape index (κ3) is 4.92. The fourth-order valence-electron chi connectivity index (χ4n) is 1.00. The van der Waals surface area contributed by atoms with Crippen molar-refractivity contribution in [1.82, 2.24) is 20.8 Å². The first-order chi connectivity index (χ1) is 7.33. The second kappa shape index (κ2) is 6.72. The molecule has 6 nitrogen and oxygen atoms in total. The molecule has 0 aliphatic carbocycles. The highest BCUT2D eigenvalue weighted by Gasteiger charge is 1.93. The molecular formula is C9H16N6. The first-order valence-corrected chi connectivity index (χ1v) is 4.76. The van der Waals surface area contributed by atoms with Crippen LogP contribution in [0.25, 0.3) is 0 Å². The van der Waals surface area contributed by atoms with Gasteiger partial charge in [-0.15, -0.1) is 0 Å². The summed E-state index contributed by atoms with van der Waals surface area (Å²) in [5.41, 5.74) is 6.38. The standard InChI is InChI=1S/C9H16N6/c1-11-9(10)13-6-5-12-7-8-3-2-4-14-15-8/h2-4,12H,5-7H2,1H3,(H3,10,11,13). The van der Waals surface area contributed by atoms with Crippen molar-refractivity contribution in [2.75, 3.05) is 20.1 Å². The second-order valence-corrected chi connectivity index (χ2v) is 2.93. The fraction of sp³-hybridized carbons (Fsp3) is 0.444. The Morgan fingerprint density at radius 2 is 2.40 bits per heavy atom. The van der Waals surface area contributed by atoms with E-state index in [1.807, 2.05) is 12.1 Å². The Bertz CT molecular complexity index is 297. The Labute approximate surface area is 89.0 Å². The summed E-state index contributed by atoms with van der Waals surface area (Å²) in [6, 6.07) is 3.79. The zero-order valence-electron chi connectivity index (χ0n) is 8.77. The van der Waals surface area contributed by atoms with E-state index in [0.29, 0.717) is 12.5 Å². The van der Waals surface area contributed by atoms with Crippen molar-refractivity contribution < 1.29 is 0 Å². The molecule has 0 spiro atoms. The monoisotopic (exact) mass is 208 g/mol. The van der Waals surface area contributed by atoms with Gasteiger partial charge in [0.05, 0.1) is 5.69 Å². The van der Waals surface area contributed by atoms with Gasteiger partial charge in [-0.2, -0.15) is 10.2 Å². The average molecular weight is 208 g/mol. The maximum atomic E-state index is 5.46. The van der Waals surface area contributed by atoms with Crippen LogP contribution in [-0.4, -0.2) is 36.3 Å². The van der Waals surface area contributed by atoms with E-state index in [1.165, 1.54) is 0 Å². The summed E-state index contributed by atoms with van der Waals surface area (Å²) in [6.07, 6.45) is 1.66. The summed E-state index contributed by atoms with van der Waals surface area (Å²) in [7, 11) is 1.65. The lowest BCUT2D eigenvalue weighted by atomic mass is 10.4. The molecule has 0 aliphatic rings. The highest BCUT2D eigenvalue weighted by Crippen LogP contribution is 1.88. The number of nitrogens with one attached hydrogen (secondary N) is 2. The SMILES string of the molecule is CN=C(N)NCCNCc1cccnn1. The fourth-order valence-corrected chi connectivity index (χ4v) is 1.00. The van der Waals surface area contributed by atoms with Gasteiger partial charge in [0.25, 0.3) is 0 Å². The van der Waals surface area contributed by atoms with Crippen LogP contribution in [0.5, 0.6) is 0 Å². The van der Waals surface area contributed by atoms with E-state index in [2.05, 4.69) is 25.8 Å². The third-order valence-corrected chi connectivity index (χ3v) is 1.78. The molecule has 1 aromatic heterocycles. The lowest BCUT2D eigenvalue weighted by Crippen LogP contribution is -2.36. The van der Waals surface area contributed by atoms with Crippen LogP contribution in [0.2, 0.25) is 0 Å². The number of aromatic nitrogens is 2. The molecule has 0 amide bonds. The number of hydrogen-bond donors (Lipinski definition) is 3. The number of nitrogens with two attached hydrogens (primary N) is 1. The number of aliphatic imine (C=N–C) groups is 1. The molecule has 82 valence electrons. The van der Waals surface area contributed by atoms with E-state index < -0.39 is 0 Å². The van der Waals surface area contributed by atoms with Crippen molar-refractivity contribution in [3.8, 4) is 0 Å². The van der Waals surface area contributed by atoms with Gasteiger partial charge in [-0.1, -0.05) is 0 Å². The van der Waals surface area contributed by atoms with Crippen molar-refractivity contribution in [2.45, 2.75) is 6.54 Å². The van der Waals surface area contributed by atoms with Crippen molar-refractivity contribution in [1.29, 1.82) is 0 Å². The van der Waals surface area contributed by atoms with Crippen molar-refractivity contribution in [3.63, 3.8) is 0 Å². The molecule has 0 saturated carbocycles. The Morgan fingerprint density at radius 3 is 3.07 bits per heavy atom. The van der Waals surface area contributed by atoms with Crippen LogP contribution in [0, 0.1) is 0 Å².